The first kappa shape index (κ1) is 12.8. The molecule has 90 valence electrons. The zero-order valence-corrected chi connectivity index (χ0v) is 10.5. The molecule has 0 heterocycles. The topological polar surface area (TPSA) is 35.5 Å². The molecular weight excluding hydrogens is 204 g/mol. The number of carbonyl (C=O) groups is 1. The first-order valence-electron chi connectivity index (χ1n) is 5.72. The van der Waals surface area contributed by atoms with Gasteiger partial charge in [0.05, 0.1) is 14.2 Å². The molecule has 0 bridgehead atoms. The number of hydrogen-bond acceptors (Lipinski definition) is 3. The van der Waals surface area contributed by atoms with Crippen LogP contribution in [0.1, 0.15) is 33.1 Å². The summed E-state index contributed by atoms with van der Waals surface area (Å²) in [5.74, 6) is 1.77. The molecule has 1 rings (SSSR count). The van der Waals surface area contributed by atoms with E-state index in [1.54, 1.807) is 14.2 Å². The van der Waals surface area contributed by atoms with Crippen molar-refractivity contribution in [1.29, 1.82) is 0 Å². The highest BCUT2D eigenvalue weighted by Crippen LogP contribution is 2.32. The Hall–Kier alpha value is -1.25. The van der Waals surface area contributed by atoms with Crippen molar-refractivity contribution in [3.05, 3.63) is 23.2 Å². The van der Waals surface area contributed by atoms with Gasteiger partial charge in [-0.1, -0.05) is 19.4 Å². The first-order chi connectivity index (χ1) is 7.67. The normalized spacial score (nSPS) is 20.5. The largest absolute Gasteiger partial charge is 0.497 e. The minimum atomic E-state index is -0.0242. The molecule has 3 heteroatoms. The van der Waals surface area contributed by atoms with Crippen LogP contribution in [0.15, 0.2) is 23.2 Å². The molecule has 16 heavy (non-hydrogen) atoms. The number of ketones is 1. The van der Waals surface area contributed by atoms with Crippen LogP contribution >= 0.6 is 0 Å². The molecule has 0 N–H and O–H groups in total. The van der Waals surface area contributed by atoms with Gasteiger partial charge >= 0.3 is 0 Å². The summed E-state index contributed by atoms with van der Waals surface area (Å²) in [5.41, 5.74) is 1.14. The molecule has 0 aromatic rings. The van der Waals surface area contributed by atoms with Gasteiger partial charge < -0.3 is 9.47 Å². The zero-order valence-electron chi connectivity index (χ0n) is 10.5. The Balaban J connectivity index is 3.01. The van der Waals surface area contributed by atoms with E-state index in [1.165, 1.54) is 0 Å². The molecule has 1 aliphatic rings. The van der Waals surface area contributed by atoms with Gasteiger partial charge in [-0.2, -0.15) is 0 Å². The van der Waals surface area contributed by atoms with Crippen LogP contribution in [0.3, 0.4) is 0 Å². The molecule has 0 amide bonds. The molecule has 0 unspecified atom stereocenters. The molecule has 1 aliphatic carbocycles. The van der Waals surface area contributed by atoms with E-state index in [4.69, 9.17) is 9.47 Å². The van der Waals surface area contributed by atoms with E-state index >= 15 is 0 Å². The third-order valence-corrected chi connectivity index (χ3v) is 3.04. The molecule has 0 aliphatic heterocycles. The van der Waals surface area contributed by atoms with Gasteiger partial charge in [0.15, 0.2) is 5.76 Å². The first-order valence-corrected chi connectivity index (χ1v) is 5.72. The summed E-state index contributed by atoms with van der Waals surface area (Å²) >= 11 is 0. The minimum Gasteiger partial charge on any atom is -0.497 e. The van der Waals surface area contributed by atoms with Crippen LogP contribution in [0.2, 0.25) is 0 Å². The number of methoxy groups -OCH3 is 2. The monoisotopic (exact) mass is 224 g/mol. The lowest BCUT2D eigenvalue weighted by Crippen LogP contribution is -2.21. The Bertz CT molecular complexity index is 326. The van der Waals surface area contributed by atoms with Crippen LogP contribution in [-0.2, 0) is 14.3 Å². The lowest BCUT2D eigenvalue weighted by molar-refractivity contribution is -0.121. The van der Waals surface area contributed by atoms with Gasteiger partial charge in [-0.25, -0.2) is 0 Å². The van der Waals surface area contributed by atoms with Gasteiger partial charge in [0.2, 0.25) is 0 Å². The molecule has 1 atom stereocenters. The SMILES string of the molecule is CCC(=O)[C@@H]1CC(OC)=C(OC)C=C1CC. The van der Waals surface area contributed by atoms with Crippen molar-refractivity contribution in [2.24, 2.45) is 5.92 Å². The van der Waals surface area contributed by atoms with Gasteiger partial charge in [-0.3, -0.25) is 4.79 Å². The van der Waals surface area contributed by atoms with Crippen molar-refractivity contribution in [1.82, 2.24) is 0 Å². The number of allylic oxidation sites excluding steroid dienone is 3. The molecule has 3 nitrogen and oxygen atoms in total. The summed E-state index contributed by atoms with van der Waals surface area (Å²) in [5, 5.41) is 0. The van der Waals surface area contributed by atoms with Gasteiger partial charge in [0, 0.05) is 18.8 Å². The van der Waals surface area contributed by atoms with Crippen LogP contribution in [0.4, 0.5) is 0 Å². The lowest BCUT2D eigenvalue weighted by Gasteiger charge is -2.25. The Morgan fingerprint density at radius 2 is 2.06 bits per heavy atom. The highest BCUT2D eigenvalue weighted by atomic mass is 16.5. The van der Waals surface area contributed by atoms with E-state index < -0.39 is 0 Å². The molecular formula is C13H20O3. The predicted octanol–water partition coefficient (Wildman–Crippen LogP) is 2.83. The van der Waals surface area contributed by atoms with Crippen LogP contribution in [0, 0.1) is 5.92 Å². The Morgan fingerprint density at radius 1 is 1.38 bits per heavy atom. The van der Waals surface area contributed by atoms with Gasteiger partial charge in [0.25, 0.3) is 0 Å². The Labute approximate surface area is 97.1 Å². The highest BCUT2D eigenvalue weighted by Gasteiger charge is 2.28. The smallest absolute Gasteiger partial charge is 0.156 e. The number of hydrogen-bond donors (Lipinski definition) is 0. The van der Waals surface area contributed by atoms with Crippen molar-refractivity contribution in [2.45, 2.75) is 33.1 Å². The van der Waals surface area contributed by atoms with Gasteiger partial charge in [-0.05, 0) is 12.5 Å². The number of ether oxygens (including phenoxy) is 2. The standard InChI is InChI=1S/C13H20O3/c1-5-9-7-12(15-3)13(16-4)8-10(9)11(14)6-2/h7,10H,5-6,8H2,1-4H3/t10-/m1/s1. The average molecular weight is 224 g/mol. The van der Waals surface area contributed by atoms with Crippen molar-refractivity contribution < 1.29 is 14.3 Å². The highest BCUT2D eigenvalue weighted by molar-refractivity contribution is 5.84. The maximum atomic E-state index is 11.8. The van der Waals surface area contributed by atoms with Crippen LogP contribution < -0.4 is 0 Å². The third-order valence-electron chi connectivity index (χ3n) is 3.04. The van der Waals surface area contributed by atoms with Crippen molar-refractivity contribution in [2.75, 3.05) is 14.2 Å². The fourth-order valence-corrected chi connectivity index (χ4v) is 2.04. The number of rotatable bonds is 5. The van der Waals surface area contributed by atoms with E-state index in [9.17, 15) is 4.79 Å². The van der Waals surface area contributed by atoms with Crippen molar-refractivity contribution in [3.8, 4) is 0 Å². The zero-order chi connectivity index (χ0) is 12.1. The van der Waals surface area contributed by atoms with Crippen LogP contribution in [0.5, 0.6) is 0 Å². The van der Waals surface area contributed by atoms with E-state index in [2.05, 4.69) is 6.92 Å². The molecule has 0 aromatic heterocycles. The molecule has 0 radical (unpaired) electrons. The Morgan fingerprint density at radius 3 is 2.50 bits per heavy atom. The van der Waals surface area contributed by atoms with E-state index in [0.717, 1.165) is 23.5 Å². The minimum absolute atomic E-state index is 0.0242. The second-order valence-electron chi connectivity index (χ2n) is 3.85. The molecule has 0 spiro atoms. The quantitative estimate of drug-likeness (QED) is 0.720. The Kier molecular flexibility index (Phi) is 4.59. The maximum absolute atomic E-state index is 11.8. The summed E-state index contributed by atoms with van der Waals surface area (Å²) in [6.07, 6.45) is 4.02. The summed E-state index contributed by atoms with van der Waals surface area (Å²) < 4.78 is 10.5. The maximum Gasteiger partial charge on any atom is 0.156 e. The fraction of sp³-hybridized carbons (Fsp3) is 0.615. The summed E-state index contributed by atoms with van der Waals surface area (Å²) in [4.78, 5) is 11.8. The molecule has 0 saturated carbocycles. The van der Waals surface area contributed by atoms with E-state index in [1.807, 2.05) is 13.0 Å². The van der Waals surface area contributed by atoms with Crippen molar-refractivity contribution >= 4 is 5.78 Å². The van der Waals surface area contributed by atoms with Crippen molar-refractivity contribution in [3.63, 3.8) is 0 Å². The van der Waals surface area contributed by atoms with Crippen LogP contribution in [-0.4, -0.2) is 20.0 Å². The fourth-order valence-electron chi connectivity index (χ4n) is 2.04. The summed E-state index contributed by atoms with van der Waals surface area (Å²) in [6, 6.07) is 0. The summed E-state index contributed by atoms with van der Waals surface area (Å²) in [6.45, 7) is 3.96. The molecule has 0 aromatic carbocycles. The third kappa shape index (κ3) is 2.46. The second-order valence-corrected chi connectivity index (χ2v) is 3.85. The van der Waals surface area contributed by atoms with Gasteiger partial charge in [0.1, 0.15) is 11.5 Å². The van der Waals surface area contributed by atoms with E-state index in [-0.39, 0.29) is 11.7 Å². The predicted molar refractivity (Wildman–Crippen MR) is 62.8 cm³/mol. The number of carbonyl (C=O) groups excluding carboxylic acids is 1. The van der Waals surface area contributed by atoms with Crippen LogP contribution in [0.25, 0.3) is 0 Å². The molecule has 0 saturated heterocycles. The second kappa shape index (κ2) is 5.73. The summed E-state index contributed by atoms with van der Waals surface area (Å²) in [7, 11) is 3.24. The average Bonchev–Trinajstić information content (AvgIpc) is 2.35. The van der Waals surface area contributed by atoms with E-state index in [0.29, 0.717) is 12.8 Å². The molecule has 0 fully saturated rings. The lowest BCUT2D eigenvalue weighted by atomic mass is 9.84. The number of Topliss-reactive ketones (excluding diaryl/α,β-unsaturated/α-hetero) is 1. The van der Waals surface area contributed by atoms with Gasteiger partial charge in [-0.15, -0.1) is 0 Å².